The lowest BCUT2D eigenvalue weighted by Gasteiger charge is -2.14. The lowest BCUT2D eigenvalue weighted by molar-refractivity contribution is -0.141. The first kappa shape index (κ1) is 21.0. The highest BCUT2D eigenvalue weighted by Gasteiger charge is 2.23. The summed E-state index contributed by atoms with van der Waals surface area (Å²) in [5.74, 6) is -1.07. The molecule has 0 fully saturated rings. The van der Waals surface area contributed by atoms with Gasteiger partial charge in [-0.1, -0.05) is 12.1 Å². The van der Waals surface area contributed by atoms with Crippen molar-refractivity contribution in [2.24, 2.45) is 0 Å². The predicted octanol–water partition coefficient (Wildman–Crippen LogP) is 1.68. The molecule has 2 aromatic rings. The Morgan fingerprint density at radius 2 is 1.80 bits per heavy atom. The first-order chi connectivity index (χ1) is 14.4. The SMILES string of the molecule is COC(=O)CNC(=O)Cc1ccc(NC(=O)c2ccc3c(c2)CCN3C(C)=O)cc1. The number of carbonyl (C=O) groups is 4. The van der Waals surface area contributed by atoms with Crippen molar-refractivity contribution in [3.63, 3.8) is 0 Å². The van der Waals surface area contributed by atoms with E-state index in [-0.39, 0.29) is 30.7 Å². The van der Waals surface area contributed by atoms with Crippen molar-refractivity contribution in [1.29, 1.82) is 0 Å². The van der Waals surface area contributed by atoms with Crippen LogP contribution < -0.4 is 15.5 Å². The van der Waals surface area contributed by atoms with Crippen LogP contribution in [0.1, 0.15) is 28.4 Å². The standard InChI is InChI=1S/C22H23N3O5/c1-14(26)25-10-9-16-12-17(5-8-19(16)25)22(29)24-18-6-3-15(4-7-18)11-20(27)23-13-21(28)30-2/h3-8,12H,9-11,13H2,1-2H3,(H,23,27)(H,24,29). The summed E-state index contributed by atoms with van der Waals surface area (Å²) in [5.41, 5.74) is 3.70. The Morgan fingerprint density at radius 3 is 2.47 bits per heavy atom. The third kappa shape index (κ3) is 5.02. The molecule has 3 rings (SSSR count). The Kier molecular flexibility index (Phi) is 6.46. The zero-order valence-corrected chi connectivity index (χ0v) is 16.9. The van der Waals surface area contributed by atoms with Crippen molar-refractivity contribution in [2.75, 3.05) is 30.4 Å². The minimum Gasteiger partial charge on any atom is -0.468 e. The van der Waals surface area contributed by atoms with Crippen LogP contribution in [-0.4, -0.2) is 43.9 Å². The zero-order valence-electron chi connectivity index (χ0n) is 16.9. The number of amides is 3. The number of esters is 1. The molecular formula is C22H23N3O5. The van der Waals surface area contributed by atoms with Crippen LogP contribution in [0.2, 0.25) is 0 Å². The van der Waals surface area contributed by atoms with Gasteiger partial charge in [-0.2, -0.15) is 0 Å². The van der Waals surface area contributed by atoms with Crippen LogP contribution in [0.25, 0.3) is 0 Å². The minimum atomic E-state index is -0.512. The van der Waals surface area contributed by atoms with Gasteiger partial charge >= 0.3 is 5.97 Å². The average Bonchev–Trinajstić information content (AvgIpc) is 3.17. The van der Waals surface area contributed by atoms with Gasteiger partial charge in [0.2, 0.25) is 11.8 Å². The van der Waals surface area contributed by atoms with E-state index in [2.05, 4.69) is 15.4 Å². The van der Waals surface area contributed by atoms with Crippen LogP contribution >= 0.6 is 0 Å². The van der Waals surface area contributed by atoms with Gasteiger partial charge in [0.05, 0.1) is 13.5 Å². The second-order valence-electron chi connectivity index (χ2n) is 6.94. The molecule has 8 nitrogen and oxygen atoms in total. The smallest absolute Gasteiger partial charge is 0.325 e. The van der Waals surface area contributed by atoms with Crippen molar-refractivity contribution >= 4 is 35.1 Å². The molecule has 8 heteroatoms. The van der Waals surface area contributed by atoms with Gasteiger partial charge in [-0.3, -0.25) is 19.2 Å². The van der Waals surface area contributed by atoms with E-state index in [0.717, 1.165) is 23.2 Å². The van der Waals surface area contributed by atoms with E-state index in [1.165, 1.54) is 14.0 Å². The molecule has 30 heavy (non-hydrogen) atoms. The molecule has 156 valence electrons. The number of methoxy groups -OCH3 is 1. The summed E-state index contributed by atoms with van der Waals surface area (Å²) >= 11 is 0. The molecule has 2 aromatic carbocycles. The molecule has 0 unspecified atom stereocenters. The van der Waals surface area contributed by atoms with Crippen LogP contribution in [0, 0.1) is 0 Å². The summed E-state index contributed by atoms with van der Waals surface area (Å²) in [6.45, 7) is 1.99. The van der Waals surface area contributed by atoms with Crippen molar-refractivity contribution in [3.05, 3.63) is 59.2 Å². The Morgan fingerprint density at radius 1 is 1.07 bits per heavy atom. The number of benzene rings is 2. The van der Waals surface area contributed by atoms with E-state index in [1.807, 2.05) is 6.07 Å². The minimum absolute atomic E-state index is 0.00924. The van der Waals surface area contributed by atoms with E-state index in [1.54, 1.807) is 41.3 Å². The number of rotatable bonds is 6. The van der Waals surface area contributed by atoms with Gasteiger partial charge in [-0.15, -0.1) is 0 Å². The van der Waals surface area contributed by atoms with Crippen molar-refractivity contribution < 1.29 is 23.9 Å². The van der Waals surface area contributed by atoms with Crippen LogP contribution in [-0.2, 0) is 32.0 Å². The molecule has 0 radical (unpaired) electrons. The van der Waals surface area contributed by atoms with E-state index in [4.69, 9.17) is 0 Å². The third-order valence-electron chi connectivity index (χ3n) is 4.85. The van der Waals surface area contributed by atoms with Gasteiger partial charge in [0.25, 0.3) is 5.91 Å². The van der Waals surface area contributed by atoms with Crippen molar-refractivity contribution in [1.82, 2.24) is 5.32 Å². The summed E-state index contributed by atoms with van der Waals surface area (Å²) in [4.78, 5) is 48.8. The maximum Gasteiger partial charge on any atom is 0.325 e. The monoisotopic (exact) mass is 409 g/mol. The average molecular weight is 409 g/mol. The van der Waals surface area contributed by atoms with Crippen molar-refractivity contribution in [2.45, 2.75) is 19.8 Å². The van der Waals surface area contributed by atoms with Gasteiger partial charge in [0, 0.05) is 30.4 Å². The van der Waals surface area contributed by atoms with Crippen molar-refractivity contribution in [3.8, 4) is 0 Å². The molecule has 1 aliphatic rings. The lowest BCUT2D eigenvalue weighted by atomic mass is 10.1. The number of anilines is 2. The van der Waals surface area contributed by atoms with Gasteiger partial charge in [-0.25, -0.2) is 0 Å². The number of nitrogens with one attached hydrogen (secondary N) is 2. The summed E-state index contributed by atoms with van der Waals surface area (Å²) in [6, 6.07) is 12.2. The second-order valence-corrected chi connectivity index (χ2v) is 6.94. The fraction of sp³-hybridized carbons (Fsp3) is 0.273. The topological polar surface area (TPSA) is 105 Å². The maximum absolute atomic E-state index is 12.6. The third-order valence-corrected chi connectivity index (χ3v) is 4.85. The van der Waals surface area contributed by atoms with E-state index in [9.17, 15) is 19.2 Å². The molecule has 0 saturated carbocycles. The molecule has 0 aliphatic carbocycles. The summed E-state index contributed by atoms with van der Waals surface area (Å²) in [5, 5.41) is 5.30. The number of hydrogen-bond acceptors (Lipinski definition) is 5. The highest BCUT2D eigenvalue weighted by atomic mass is 16.5. The molecule has 1 heterocycles. The summed E-state index contributed by atoms with van der Waals surface area (Å²) < 4.78 is 4.47. The molecule has 1 aliphatic heterocycles. The molecule has 3 amide bonds. The summed E-state index contributed by atoms with van der Waals surface area (Å²) in [6.07, 6.45) is 0.839. The maximum atomic E-state index is 12.6. The van der Waals surface area contributed by atoms with Crippen LogP contribution in [0.4, 0.5) is 11.4 Å². The Labute approximate surface area is 174 Å². The fourth-order valence-electron chi connectivity index (χ4n) is 3.27. The fourth-order valence-corrected chi connectivity index (χ4v) is 3.27. The normalized spacial score (nSPS) is 12.1. The Hall–Kier alpha value is -3.68. The molecular weight excluding hydrogens is 386 g/mol. The highest BCUT2D eigenvalue weighted by Crippen LogP contribution is 2.29. The van der Waals surface area contributed by atoms with E-state index >= 15 is 0 Å². The highest BCUT2D eigenvalue weighted by molar-refractivity contribution is 6.05. The second kappa shape index (κ2) is 9.21. The predicted molar refractivity (Wildman–Crippen MR) is 111 cm³/mol. The van der Waals surface area contributed by atoms with Crippen LogP contribution in [0.15, 0.2) is 42.5 Å². The summed E-state index contributed by atoms with van der Waals surface area (Å²) in [7, 11) is 1.26. The van der Waals surface area contributed by atoms with Gasteiger partial charge in [-0.05, 0) is 47.9 Å². The number of ether oxygens (including phenoxy) is 1. The number of nitrogens with zero attached hydrogens (tertiary/aromatic N) is 1. The lowest BCUT2D eigenvalue weighted by Crippen LogP contribution is -2.31. The van der Waals surface area contributed by atoms with Gasteiger partial charge in [0.15, 0.2) is 0 Å². The molecule has 0 atom stereocenters. The van der Waals surface area contributed by atoms with E-state index < -0.39 is 5.97 Å². The van der Waals surface area contributed by atoms with Gasteiger partial charge < -0.3 is 20.3 Å². The molecule has 0 bridgehead atoms. The Balaban J connectivity index is 1.58. The van der Waals surface area contributed by atoms with Gasteiger partial charge in [0.1, 0.15) is 6.54 Å². The zero-order chi connectivity index (χ0) is 21.7. The Bertz CT molecular complexity index is 985. The quantitative estimate of drug-likeness (QED) is 0.707. The van der Waals surface area contributed by atoms with Crippen LogP contribution in [0.5, 0.6) is 0 Å². The number of hydrogen-bond donors (Lipinski definition) is 2. The number of carbonyl (C=O) groups excluding carboxylic acids is 4. The first-order valence-corrected chi connectivity index (χ1v) is 9.52. The van der Waals surface area contributed by atoms with Crippen LogP contribution in [0.3, 0.4) is 0 Å². The largest absolute Gasteiger partial charge is 0.468 e. The molecule has 0 spiro atoms. The first-order valence-electron chi connectivity index (χ1n) is 9.52. The molecule has 0 saturated heterocycles. The van der Waals surface area contributed by atoms with E-state index in [0.29, 0.717) is 17.8 Å². The molecule has 0 aromatic heterocycles. The molecule has 2 N–H and O–H groups in total. The number of fused-ring (bicyclic) bond motifs is 1.